The lowest BCUT2D eigenvalue weighted by molar-refractivity contribution is -0.129. The maximum Gasteiger partial charge on any atom is 0.230 e. The van der Waals surface area contributed by atoms with Crippen LogP contribution in [0.3, 0.4) is 0 Å². The largest absolute Gasteiger partial charge is 0.489 e. The number of carbonyl (C=O) groups excluding carboxylic acids is 2. The van der Waals surface area contributed by atoms with Crippen molar-refractivity contribution in [3.63, 3.8) is 0 Å². The number of hydrogen-bond donors (Lipinski definition) is 1. The van der Waals surface area contributed by atoms with E-state index in [1.54, 1.807) is 11.8 Å². The maximum absolute atomic E-state index is 12.7. The predicted molar refractivity (Wildman–Crippen MR) is 116 cm³/mol. The Bertz CT molecular complexity index is 1090. The SMILES string of the molecule is Cc1cc(COc2ccc(N3CC[C@H]([C@H](C)C(N)=O)C3=O)cc2)c2ccccc2n1. The normalized spacial score (nSPS) is 17.3. The zero-order valence-electron chi connectivity index (χ0n) is 17.2. The van der Waals surface area contributed by atoms with Crippen LogP contribution in [-0.2, 0) is 16.2 Å². The van der Waals surface area contributed by atoms with Crippen LogP contribution in [0.5, 0.6) is 5.75 Å². The van der Waals surface area contributed by atoms with Crippen LogP contribution in [0, 0.1) is 18.8 Å². The van der Waals surface area contributed by atoms with Crippen molar-refractivity contribution >= 4 is 28.4 Å². The summed E-state index contributed by atoms with van der Waals surface area (Å²) in [5.41, 5.74) is 9.17. The number of amides is 2. The van der Waals surface area contributed by atoms with E-state index < -0.39 is 11.8 Å². The molecule has 1 saturated heterocycles. The van der Waals surface area contributed by atoms with Gasteiger partial charge in [0.05, 0.1) is 11.4 Å². The highest BCUT2D eigenvalue weighted by molar-refractivity contribution is 5.99. The van der Waals surface area contributed by atoms with Crippen LogP contribution in [0.4, 0.5) is 5.69 Å². The quantitative estimate of drug-likeness (QED) is 0.681. The van der Waals surface area contributed by atoms with Crippen LogP contribution >= 0.6 is 0 Å². The molecule has 6 nitrogen and oxygen atoms in total. The molecule has 2 amide bonds. The van der Waals surface area contributed by atoms with E-state index in [4.69, 9.17) is 10.5 Å². The highest BCUT2D eigenvalue weighted by Crippen LogP contribution is 2.31. The van der Waals surface area contributed by atoms with E-state index in [0.717, 1.165) is 33.6 Å². The molecule has 0 radical (unpaired) electrons. The molecule has 4 rings (SSSR count). The number of nitrogens with two attached hydrogens (primary N) is 1. The summed E-state index contributed by atoms with van der Waals surface area (Å²) < 4.78 is 6.00. The zero-order valence-corrected chi connectivity index (χ0v) is 17.2. The molecule has 2 heterocycles. The topological polar surface area (TPSA) is 85.5 Å². The van der Waals surface area contributed by atoms with Gasteiger partial charge in [-0.1, -0.05) is 25.1 Å². The molecule has 2 aromatic carbocycles. The summed E-state index contributed by atoms with van der Waals surface area (Å²) in [6.45, 7) is 4.72. The Kier molecular flexibility index (Phi) is 5.40. The Hall–Kier alpha value is -3.41. The van der Waals surface area contributed by atoms with E-state index in [9.17, 15) is 9.59 Å². The zero-order chi connectivity index (χ0) is 21.3. The molecule has 1 aliphatic heterocycles. The maximum atomic E-state index is 12.7. The molecule has 154 valence electrons. The minimum Gasteiger partial charge on any atom is -0.489 e. The van der Waals surface area contributed by atoms with E-state index in [1.807, 2.05) is 61.5 Å². The van der Waals surface area contributed by atoms with Crippen molar-refractivity contribution in [2.75, 3.05) is 11.4 Å². The number of fused-ring (bicyclic) bond motifs is 1. The van der Waals surface area contributed by atoms with E-state index in [1.165, 1.54) is 0 Å². The van der Waals surface area contributed by atoms with Crippen LogP contribution in [0.2, 0.25) is 0 Å². The van der Waals surface area contributed by atoms with E-state index in [-0.39, 0.29) is 11.8 Å². The molecule has 1 fully saturated rings. The number of hydrogen-bond acceptors (Lipinski definition) is 4. The second-order valence-corrected chi connectivity index (χ2v) is 7.80. The van der Waals surface area contributed by atoms with E-state index in [0.29, 0.717) is 19.6 Å². The van der Waals surface area contributed by atoms with Gasteiger partial charge in [-0.2, -0.15) is 0 Å². The number of benzene rings is 2. The second kappa shape index (κ2) is 8.14. The fraction of sp³-hybridized carbons (Fsp3) is 0.292. The number of para-hydroxylation sites is 1. The molecule has 0 spiro atoms. The third kappa shape index (κ3) is 3.85. The lowest BCUT2D eigenvalue weighted by atomic mass is 9.92. The van der Waals surface area contributed by atoms with Crippen molar-refractivity contribution in [1.82, 2.24) is 4.98 Å². The van der Waals surface area contributed by atoms with E-state index in [2.05, 4.69) is 4.98 Å². The third-order valence-corrected chi connectivity index (χ3v) is 5.77. The lowest BCUT2D eigenvalue weighted by Gasteiger charge is -2.19. The van der Waals surface area contributed by atoms with Crippen molar-refractivity contribution in [2.24, 2.45) is 17.6 Å². The van der Waals surface area contributed by atoms with E-state index >= 15 is 0 Å². The molecule has 1 aromatic heterocycles. The summed E-state index contributed by atoms with van der Waals surface area (Å²) in [4.78, 5) is 30.4. The fourth-order valence-electron chi connectivity index (χ4n) is 4.02. The van der Waals surface area contributed by atoms with Crippen LogP contribution < -0.4 is 15.4 Å². The molecule has 6 heteroatoms. The Morgan fingerprint density at radius 3 is 2.70 bits per heavy atom. The summed E-state index contributed by atoms with van der Waals surface area (Å²) in [7, 11) is 0. The Labute approximate surface area is 175 Å². The Morgan fingerprint density at radius 1 is 1.23 bits per heavy atom. The van der Waals surface area contributed by atoms with Gasteiger partial charge in [0.25, 0.3) is 0 Å². The molecule has 3 aromatic rings. The molecule has 0 aliphatic carbocycles. The molecule has 2 atom stereocenters. The molecular formula is C24H25N3O3. The first-order valence-corrected chi connectivity index (χ1v) is 10.1. The van der Waals surface area contributed by atoms with Crippen LogP contribution in [-0.4, -0.2) is 23.3 Å². The first kappa shape index (κ1) is 19.9. The number of aromatic nitrogens is 1. The van der Waals surface area contributed by atoms with Crippen molar-refractivity contribution in [2.45, 2.75) is 26.9 Å². The number of anilines is 1. The minimum absolute atomic E-state index is 0.0475. The Morgan fingerprint density at radius 2 is 1.97 bits per heavy atom. The second-order valence-electron chi connectivity index (χ2n) is 7.80. The summed E-state index contributed by atoms with van der Waals surface area (Å²) in [6, 6.07) is 17.5. The number of primary amides is 1. The van der Waals surface area contributed by atoms with Gasteiger partial charge in [0, 0.05) is 34.8 Å². The van der Waals surface area contributed by atoms with Gasteiger partial charge in [-0.3, -0.25) is 14.6 Å². The van der Waals surface area contributed by atoms with Crippen molar-refractivity contribution in [3.8, 4) is 5.75 Å². The minimum atomic E-state index is -0.455. The average molecular weight is 403 g/mol. The van der Waals surface area contributed by atoms with Gasteiger partial charge in [-0.15, -0.1) is 0 Å². The first-order valence-electron chi connectivity index (χ1n) is 10.1. The smallest absolute Gasteiger partial charge is 0.230 e. The van der Waals surface area contributed by atoms with Crippen LogP contribution in [0.15, 0.2) is 54.6 Å². The summed E-state index contributed by atoms with van der Waals surface area (Å²) >= 11 is 0. The Balaban J connectivity index is 1.45. The standard InChI is InChI=1S/C24H25N3O3/c1-15-13-17(21-5-3-4-6-22(21)26-15)14-30-19-9-7-18(8-10-19)27-12-11-20(24(27)29)16(2)23(25)28/h3-10,13,16,20H,11-12,14H2,1-2H3,(H2,25,28)/t16-,20+/m0/s1. The number of ether oxygens (including phenoxy) is 1. The molecule has 1 aliphatic rings. The molecule has 2 N–H and O–H groups in total. The van der Waals surface area contributed by atoms with Gasteiger partial charge >= 0.3 is 0 Å². The highest BCUT2D eigenvalue weighted by Gasteiger charge is 2.38. The lowest BCUT2D eigenvalue weighted by Crippen LogP contribution is -2.34. The summed E-state index contributed by atoms with van der Waals surface area (Å²) in [5, 5.41) is 1.08. The first-order chi connectivity index (χ1) is 14.4. The van der Waals surface area contributed by atoms with Crippen LogP contribution in [0.25, 0.3) is 10.9 Å². The molecule has 0 saturated carbocycles. The van der Waals surface area contributed by atoms with Gasteiger partial charge in [0.1, 0.15) is 12.4 Å². The van der Waals surface area contributed by atoms with Crippen molar-refractivity contribution in [1.29, 1.82) is 0 Å². The average Bonchev–Trinajstić information content (AvgIpc) is 3.12. The van der Waals surface area contributed by atoms with Gasteiger partial charge in [-0.25, -0.2) is 0 Å². The van der Waals surface area contributed by atoms with Gasteiger partial charge in [-0.05, 0) is 49.7 Å². The molecule has 30 heavy (non-hydrogen) atoms. The van der Waals surface area contributed by atoms with Gasteiger partial charge in [0.15, 0.2) is 0 Å². The highest BCUT2D eigenvalue weighted by atomic mass is 16.5. The monoisotopic (exact) mass is 403 g/mol. The van der Waals surface area contributed by atoms with Crippen molar-refractivity contribution < 1.29 is 14.3 Å². The molecule has 0 bridgehead atoms. The number of nitrogens with zero attached hydrogens (tertiary/aromatic N) is 2. The third-order valence-electron chi connectivity index (χ3n) is 5.77. The van der Waals surface area contributed by atoms with Gasteiger partial charge < -0.3 is 15.4 Å². The number of pyridine rings is 1. The number of aryl methyl sites for hydroxylation is 1. The van der Waals surface area contributed by atoms with Gasteiger partial charge in [0.2, 0.25) is 11.8 Å². The van der Waals surface area contributed by atoms with Crippen LogP contribution in [0.1, 0.15) is 24.6 Å². The van der Waals surface area contributed by atoms with Crippen molar-refractivity contribution in [3.05, 3.63) is 65.9 Å². The predicted octanol–water partition coefficient (Wildman–Crippen LogP) is 3.60. The number of carbonyl (C=O) groups is 2. The molecule has 0 unspecified atom stereocenters. The summed E-state index contributed by atoms with van der Waals surface area (Å²) in [6.07, 6.45) is 0.635. The fourth-order valence-corrected chi connectivity index (χ4v) is 4.02. The summed E-state index contributed by atoms with van der Waals surface area (Å²) in [5.74, 6) is -0.553. The number of rotatable bonds is 6. The molecular weight excluding hydrogens is 378 g/mol.